The molecule has 0 atom stereocenters. The summed E-state index contributed by atoms with van der Waals surface area (Å²) in [5.41, 5.74) is 1.04. The summed E-state index contributed by atoms with van der Waals surface area (Å²) >= 11 is 0. The molecule has 4 aromatic rings. The Labute approximate surface area is 179 Å². The van der Waals surface area contributed by atoms with E-state index in [4.69, 9.17) is 9.47 Å². The molecule has 1 N–H and O–H groups in total. The summed E-state index contributed by atoms with van der Waals surface area (Å²) in [6.07, 6.45) is 0.831. The molecule has 1 aromatic heterocycles. The van der Waals surface area contributed by atoms with Gasteiger partial charge in [-0.15, -0.1) is 10.2 Å². The second-order valence-corrected chi connectivity index (χ2v) is 7.07. The van der Waals surface area contributed by atoms with Crippen molar-refractivity contribution in [2.75, 3.05) is 13.7 Å². The van der Waals surface area contributed by atoms with Gasteiger partial charge < -0.3 is 19.1 Å². The summed E-state index contributed by atoms with van der Waals surface area (Å²) in [5, 5.41) is 21.1. The zero-order valence-corrected chi connectivity index (χ0v) is 17.4. The summed E-state index contributed by atoms with van der Waals surface area (Å²) in [4.78, 5) is 12.3. The number of benzene rings is 3. The van der Waals surface area contributed by atoms with E-state index in [1.807, 2.05) is 61.5 Å². The Hall–Kier alpha value is -3.87. The van der Waals surface area contributed by atoms with Gasteiger partial charge in [-0.05, 0) is 36.1 Å². The summed E-state index contributed by atoms with van der Waals surface area (Å²) in [5.74, 6) is 0.653. The van der Waals surface area contributed by atoms with Crippen molar-refractivity contribution < 1.29 is 19.4 Å². The Morgan fingerprint density at radius 2 is 1.87 bits per heavy atom. The number of hydrogen-bond donors (Lipinski definition) is 1. The van der Waals surface area contributed by atoms with Crippen molar-refractivity contribution in [2.45, 2.75) is 19.9 Å². The van der Waals surface area contributed by atoms with Crippen molar-refractivity contribution in [3.63, 3.8) is 0 Å². The number of hydrogen-bond acceptors (Lipinski definition) is 5. The average Bonchev–Trinajstić information content (AvgIpc) is 3.06. The van der Waals surface area contributed by atoms with Crippen LogP contribution in [0.5, 0.6) is 17.4 Å². The van der Waals surface area contributed by atoms with Crippen molar-refractivity contribution in [1.82, 2.24) is 4.57 Å². The second kappa shape index (κ2) is 8.87. The molecule has 31 heavy (non-hydrogen) atoms. The summed E-state index contributed by atoms with van der Waals surface area (Å²) in [6, 6.07) is 18.9. The zero-order valence-electron chi connectivity index (χ0n) is 17.4. The van der Waals surface area contributed by atoms with E-state index in [1.54, 1.807) is 17.7 Å². The number of aryl methyl sites for hydroxylation is 1. The van der Waals surface area contributed by atoms with Crippen molar-refractivity contribution >= 4 is 33.3 Å². The molecule has 3 aromatic carbocycles. The molecule has 158 valence electrons. The van der Waals surface area contributed by atoms with E-state index >= 15 is 0 Å². The van der Waals surface area contributed by atoms with Crippen LogP contribution in [0.3, 0.4) is 0 Å². The normalized spacial score (nSPS) is 11.4. The Balaban J connectivity index is 1.57. The Morgan fingerprint density at radius 1 is 1.06 bits per heavy atom. The van der Waals surface area contributed by atoms with Crippen LogP contribution in [0.2, 0.25) is 0 Å². The molecule has 0 radical (unpaired) electrons. The van der Waals surface area contributed by atoms with Crippen LogP contribution >= 0.6 is 0 Å². The molecule has 0 aliphatic heterocycles. The summed E-state index contributed by atoms with van der Waals surface area (Å²) < 4.78 is 12.7. The molecule has 0 fully saturated rings. The number of aromatic hydroxyl groups is 1. The number of methoxy groups -OCH3 is 1. The average molecular weight is 417 g/mol. The number of azo groups is 1. The monoisotopic (exact) mass is 417 g/mol. The molecular formula is C24H23N3O4. The van der Waals surface area contributed by atoms with E-state index in [9.17, 15) is 9.90 Å². The molecule has 0 saturated heterocycles. The van der Waals surface area contributed by atoms with Gasteiger partial charge in [-0.1, -0.05) is 43.3 Å². The minimum absolute atomic E-state index is 0.0309. The first-order valence-electron chi connectivity index (χ1n) is 10.1. The van der Waals surface area contributed by atoms with Gasteiger partial charge in [0.15, 0.2) is 12.3 Å². The molecule has 1 amide bonds. The Bertz CT molecular complexity index is 1270. The molecule has 0 aliphatic rings. The van der Waals surface area contributed by atoms with Gasteiger partial charge in [-0.3, -0.25) is 4.79 Å². The van der Waals surface area contributed by atoms with Crippen LogP contribution in [0.25, 0.3) is 21.7 Å². The number of rotatable bonds is 7. The molecule has 7 heteroatoms. The Kier molecular flexibility index (Phi) is 5.84. The van der Waals surface area contributed by atoms with E-state index in [0.29, 0.717) is 23.4 Å². The van der Waals surface area contributed by atoms with Crippen LogP contribution in [0, 0.1) is 0 Å². The van der Waals surface area contributed by atoms with Crippen molar-refractivity contribution in [1.29, 1.82) is 0 Å². The topological polar surface area (TPSA) is 85.4 Å². The Morgan fingerprint density at radius 3 is 2.68 bits per heavy atom. The lowest BCUT2D eigenvalue weighted by atomic mass is 10.1. The lowest BCUT2D eigenvalue weighted by molar-refractivity contribution is -0.120. The van der Waals surface area contributed by atoms with E-state index in [1.165, 1.54) is 0 Å². The highest BCUT2D eigenvalue weighted by atomic mass is 16.5. The van der Waals surface area contributed by atoms with Gasteiger partial charge >= 0.3 is 5.91 Å². The van der Waals surface area contributed by atoms with Crippen LogP contribution in [-0.2, 0) is 11.3 Å². The number of aromatic nitrogens is 1. The first kappa shape index (κ1) is 20.4. The van der Waals surface area contributed by atoms with E-state index in [0.717, 1.165) is 22.7 Å². The van der Waals surface area contributed by atoms with Gasteiger partial charge in [0.25, 0.3) is 0 Å². The largest absolute Gasteiger partial charge is 0.497 e. The number of fused-ring (bicyclic) bond motifs is 2. The SMILES string of the molecule is CCCn1c(O)c(N=NC(=O)COc2cccc3ccccc23)c2cc(OC)ccc21. The predicted octanol–water partition coefficient (Wildman–Crippen LogP) is 5.61. The third kappa shape index (κ3) is 4.07. The van der Waals surface area contributed by atoms with Gasteiger partial charge in [-0.2, -0.15) is 0 Å². The number of amides is 1. The fourth-order valence-corrected chi connectivity index (χ4v) is 3.57. The number of carbonyl (C=O) groups is 1. The van der Waals surface area contributed by atoms with E-state index in [-0.39, 0.29) is 18.2 Å². The van der Waals surface area contributed by atoms with Crippen molar-refractivity contribution in [3.05, 3.63) is 60.7 Å². The summed E-state index contributed by atoms with van der Waals surface area (Å²) in [6.45, 7) is 2.38. The quantitative estimate of drug-likeness (QED) is 0.396. The van der Waals surface area contributed by atoms with Gasteiger partial charge in [0.2, 0.25) is 5.88 Å². The highest BCUT2D eigenvalue weighted by Gasteiger charge is 2.17. The van der Waals surface area contributed by atoms with Crippen LogP contribution < -0.4 is 9.47 Å². The van der Waals surface area contributed by atoms with E-state index in [2.05, 4.69) is 10.2 Å². The molecule has 0 unspecified atom stereocenters. The second-order valence-electron chi connectivity index (χ2n) is 7.07. The smallest absolute Gasteiger partial charge is 0.302 e. The molecule has 4 rings (SSSR count). The van der Waals surface area contributed by atoms with Crippen LogP contribution in [0.4, 0.5) is 5.69 Å². The van der Waals surface area contributed by atoms with Crippen molar-refractivity contribution in [2.24, 2.45) is 10.2 Å². The molecule has 0 saturated carbocycles. The van der Waals surface area contributed by atoms with Gasteiger partial charge in [-0.25, -0.2) is 0 Å². The molecule has 0 aliphatic carbocycles. The molecule has 7 nitrogen and oxygen atoms in total. The molecule has 1 heterocycles. The minimum atomic E-state index is -0.549. The van der Waals surface area contributed by atoms with Crippen molar-refractivity contribution in [3.8, 4) is 17.4 Å². The fourth-order valence-electron chi connectivity index (χ4n) is 3.57. The third-order valence-electron chi connectivity index (χ3n) is 5.03. The third-order valence-corrected chi connectivity index (χ3v) is 5.03. The summed E-state index contributed by atoms with van der Waals surface area (Å²) in [7, 11) is 1.57. The zero-order chi connectivity index (χ0) is 21.8. The fraction of sp³-hybridized carbons (Fsp3) is 0.208. The standard InChI is InChI=1S/C24H23N3O4/c1-3-13-27-20-12-11-17(30-2)14-19(20)23(24(27)29)26-25-22(28)15-31-21-10-6-8-16-7-4-5-9-18(16)21/h4-12,14,29H,3,13,15H2,1-2H3. The van der Waals surface area contributed by atoms with E-state index < -0.39 is 5.91 Å². The predicted molar refractivity (Wildman–Crippen MR) is 119 cm³/mol. The lowest BCUT2D eigenvalue weighted by Crippen LogP contribution is -2.08. The molecule has 0 spiro atoms. The number of ether oxygens (including phenoxy) is 2. The first-order chi connectivity index (χ1) is 15.1. The maximum Gasteiger partial charge on any atom is 0.302 e. The van der Waals surface area contributed by atoms with Gasteiger partial charge in [0.1, 0.15) is 11.5 Å². The lowest BCUT2D eigenvalue weighted by Gasteiger charge is -2.07. The van der Waals surface area contributed by atoms with Crippen LogP contribution in [-0.4, -0.2) is 29.3 Å². The van der Waals surface area contributed by atoms with Gasteiger partial charge in [0.05, 0.1) is 12.6 Å². The highest BCUT2D eigenvalue weighted by molar-refractivity contribution is 5.96. The maximum atomic E-state index is 12.3. The van der Waals surface area contributed by atoms with Crippen LogP contribution in [0.1, 0.15) is 13.3 Å². The molecular weight excluding hydrogens is 394 g/mol. The number of nitrogens with zero attached hydrogens (tertiary/aromatic N) is 3. The maximum absolute atomic E-state index is 12.3. The van der Waals surface area contributed by atoms with Gasteiger partial charge in [0, 0.05) is 17.3 Å². The number of carbonyl (C=O) groups excluding carboxylic acids is 1. The highest BCUT2D eigenvalue weighted by Crippen LogP contribution is 2.40. The minimum Gasteiger partial charge on any atom is -0.497 e. The van der Waals surface area contributed by atoms with Crippen LogP contribution in [0.15, 0.2) is 70.9 Å². The first-order valence-corrected chi connectivity index (χ1v) is 10.1. The molecule has 0 bridgehead atoms.